The van der Waals surface area contributed by atoms with E-state index >= 15 is 0 Å². The lowest BCUT2D eigenvalue weighted by molar-refractivity contribution is 0.0785. The Kier molecular flexibility index (Phi) is 5.19. The molecule has 0 bridgehead atoms. The molecule has 26 heavy (non-hydrogen) atoms. The monoisotopic (exact) mass is 354 g/mol. The second-order valence-electron chi connectivity index (χ2n) is 8.16. The van der Waals surface area contributed by atoms with E-state index in [4.69, 9.17) is 5.73 Å². The summed E-state index contributed by atoms with van der Waals surface area (Å²) in [5, 5.41) is 4.51. The first kappa shape index (κ1) is 18.6. The molecule has 2 heterocycles. The van der Waals surface area contributed by atoms with E-state index in [1.807, 2.05) is 15.6 Å². The lowest BCUT2D eigenvalue weighted by Crippen LogP contribution is -2.31. The van der Waals surface area contributed by atoms with Gasteiger partial charge in [-0.25, -0.2) is 0 Å². The van der Waals surface area contributed by atoms with E-state index in [1.165, 1.54) is 5.56 Å². The Balaban J connectivity index is 1.86. The second kappa shape index (κ2) is 7.23. The van der Waals surface area contributed by atoms with Crippen molar-refractivity contribution < 1.29 is 4.79 Å². The summed E-state index contributed by atoms with van der Waals surface area (Å²) in [6, 6.07) is 10.4. The Bertz CT molecular complexity index is 760. The van der Waals surface area contributed by atoms with Crippen LogP contribution in [0.25, 0.3) is 0 Å². The maximum absolute atomic E-state index is 13.2. The molecule has 1 fully saturated rings. The summed E-state index contributed by atoms with van der Waals surface area (Å²) in [5.41, 5.74) is 8.89. The third kappa shape index (κ3) is 3.40. The predicted octanol–water partition coefficient (Wildman–Crippen LogP) is 3.02. The molecule has 2 N–H and O–H groups in total. The molecule has 1 aromatic carbocycles. The molecular formula is C21H30N4O. The molecule has 1 aromatic heterocycles. The first-order chi connectivity index (χ1) is 12.4. The standard InChI is InChI=1S/C21H30N4O/c1-5-19-17(12-23-25(19)21(2,3)4)20(26)24-13-16(11-22)18(14-24)15-9-7-6-8-10-15/h6-10,12,16,18H,5,11,13-14,22H2,1-4H3/t16-,18+/m1/s1. The van der Waals surface area contributed by atoms with Crippen LogP contribution in [0.5, 0.6) is 0 Å². The van der Waals surface area contributed by atoms with Crippen LogP contribution in [0.3, 0.4) is 0 Å². The average Bonchev–Trinajstić information content (AvgIpc) is 3.25. The van der Waals surface area contributed by atoms with Gasteiger partial charge in [-0.3, -0.25) is 9.48 Å². The molecule has 1 saturated heterocycles. The largest absolute Gasteiger partial charge is 0.338 e. The molecule has 3 rings (SSSR count). The van der Waals surface area contributed by atoms with Gasteiger partial charge in [-0.1, -0.05) is 37.3 Å². The highest BCUT2D eigenvalue weighted by atomic mass is 16.2. The maximum Gasteiger partial charge on any atom is 0.257 e. The maximum atomic E-state index is 13.2. The minimum atomic E-state index is -0.138. The molecule has 1 aliphatic heterocycles. The van der Waals surface area contributed by atoms with Crippen LogP contribution < -0.4 is 5.73 Å². The SMILES string of the molecule is CCc1c(C(=O)N2C[C@@H](CN)[C@H](c3ccccc3)C2)cnn1C(C)(C)C. The van der Waals surface area contributed by atoms with Crippen LogP contribution in [0.4, 0.5) is 0 Å². The number of amides is 1. The van der Waals surface area contributed by atoms with Crippen LogP contribution in [0.1, 0.15) is 55.2 Å². The van der Waals surface area contributed by atoms with Crippen molar-refractivity contribution in [3.8, 4) is 0 Å². The Morgan fingerprint density at radius 1 is 1.23 bits per heavy atom. The molecule has 1 amide bonds. The van der Waals surface area contributed by atoms with E-state index in [0.717, 1.165) is 17.7 Å². The van der Waals surface area contributed by atoms with E-state index in [-0.39, 0.29) is 11.4 Å². The molecule has 0 spiro atoms. The minimum absolute atomic E-state index is 0.0780. The number of aromatic nitrogens is 2. The van der Waals surface area contributed by atoms with Gasteiger partial charge in [0, 0.05) is 19.0 Å². The van der Waals surface area contributed by atoms with Crippen LogP contribution in [0, 0.1) is 5.92 Å². The Hall–Kier alpha value is -2.14. The van der Waals surface area contributed by atoms with Gasteiger partial charge in [0.2, 0.25) is 0 Å². The van der Waals surface area contributed by atoms with Gasteiger partial charge in [0.25, 0.3) is 5.91 Å². The molecule has 2 aromatic rings. The fourth-order valence-electron chi connectivity index (χ4n) is 3.99. The zero-order chi connectivity index (χ0) is 18.9. The van der Waals surface area contributed by atoms with Crippen LogP contribution in [0.2, 0.25) is 0 Å². The first-order valence-corrected chi connectivity index (χ1v) is 9.48. The van der Waals surface area contributed by atoms with Crippen LogP contribution in [-0.2, 0) is 12.0 Å². The van der Waals surface area contributed by atoms with E-state index < -0.39 is 0 Å². The zero-order valence-corrected chi connectivity index (χ0v) is 16.3. The number of carbonyl (C=O) groups is 1. The van der Waals surface area contributed by atoms with Crippen molar-refractivity contribution in [2.75, 3.05) is 19.6 Å². The van der Waals surface area contributed by atoms with Crippen molar-refractivity contribution in [2.24, 2.45) is 11.7 Å². The molecule has 0 saturated carbocycles. The smallest absolute Gasteiger partial charge is 0.257 e. The molecule has 0 radical (unpaired) electrons. The molecule has 0 aliphatic carbocycles. The van der Waals surface area contributed by atoms with E-state index in [1.54, 1.807) is 6.20 Å². The van der Waals surface area contributed by atoms with Crippen molar-refractivity contribution >= 4 is 5.91 Å². The van der Waals surface area contributed by atoms with Crippen LogP contribution >= 0.6 is 0 Å². The normalized spacial score (nSPS) is 20.6. The fourth-order valence-corrected chi connectivity index (χ4v) is 3.99. The topological polar surface area (TPSA) is 64.2 Å². The third-order valence-electron chi connectivity index (χ3n) is 5.33. The number of nitrogens with two attached hydrogens (primary N) is 1. The number of hydrogen-bond acceptors (Lipinski definition) is 3. The van der Waals surface area contributed by atoms with Gasteiger partial charge < -0.3 is 10.6 Å². The van der Waals surface area contributed by atoms with Gasteiger partial charge in [-0.05, 0) is 45.2 Å². The average molecular weight is 354 g/mol. The quantitative estimate of drug-likeness (QED) is 0.918. The number of benzene rings is 1. The van der Waals surface area contributed by atoms with Crippen molar-refractivity contribution in [1.82, 2.24) is 14.7 Å². The molecule has 140 valence electrons. The molecule has 1 aliphatic rings. The highest BCUT2D eigenvalue weighted by Crippen LogP contribution is 2.33. The minimum Gasteiger partial charge on any atom is -0.338 e. The van der Waals surface area contributed by atoms with Crippen molar-refractivity contribution in [3.05, 3.63) is 53.3 Å². The van der Waals surface area contributed by atoms with E-state index in [2.05, 4.69) is 57.1 Å². The van der Waals surface area contributed by atoms with Gasteiger partial charge in [-0.15, -0.1) is 0 Å². The van der Waals surface area contributed by atoms with Gasteiger partial charge >= 0.3 is 0 Å². The van der Waals surface area contributed by atoms with E-state index in [9.17, 15) is 4.79 Å². The van der Waals surface area contributed by atoms with Crippen LogP contribution in [0.15, 0.2) is 36.5 Å². The summed E-state index contributed by atoms with van der Waals surface area (Å²) in [6.07, 6.45) is 2.52. The molecule has 5 heteroatoms. The zero-order valence-electron chi connectivity index (χ0n) is 16.3. The number of carbonyl (C=O) groups excluding carboxylic acids is 1. The molecular weight excluding hydrogens is 324 g/mol. The van der Waals surface area contributed by atoms with Gasteiger partial charge in [0.1, 0.15) is 0 Å². The summed E-state index contributed by atoms with van der Waals surface area (Å²) in [7, 11) is 0. The van der Waals surface area contributed by atoms with Gasteiger partial charge in [0.05, 0.1) is 23.0 Å². The van der Waals surface area contributed by atoms with Crippen molar-refractivity contribution in [1.29, 1.82) is 0 Å². The third-order valence-corrected chi connectivity index (χ3v) is 5.33. The summed E-state index contributed by atoms with van der Waals surface area (Å²) in [4.78, 5) is 15.2. The van der Waals surface area contributed by atoms with Crippen molar-refractivity contribution in [3.63, 3.8) is 0 Å². The summed E-state index contributed by atoms with van der Waals surface area (Å²) in [5.74, 6) is 0.672. The first-order valence-electron chi connectivity index (χ1n) is 9.48. The number of hydrogen-bond donors (Lipinski definition) is 1. The second-order valence-corrected chi connectivity index (χ2v) is 8.16. The highest BCUT2D eigenvalue weighted by molar-refractivity contribution is 5.95. The predicted molar refractivity (Wildman–Crippen MR) is 104 cm³/mol. The number of nitrogens with zero attached hydrogens (tertiary/aromatic N) is 3. The fraction of sp³-hybridized carbons (Fsp3) is 0.524. The Morgan fingerprint density at radius 2 is 1.92 bits per heavy atom. The summed E-state index contributed by atoms with van der Waals surface area (Å²) in [6.45, 7) is 10.4. The molecule has 2 atom stereocenters. The highest BCUT2D eigenvalue weighted by Gasteiger charge is 2.37. The lowest BCUT2D eigenvalue weighted by Gasteiger charge is -2.23. The van der Waals surface area contributed by atoms with E-state index in [0.29, 0.717) is 31.5 Å². The number of rotatable bonds is 4. The number of likely N-dealkylation sites (tertiary alicyclic amines) is 1. The lowest BCUT2D eigenvalue weighted by atomic mass is 9.89. The molecule has 0 unspecified atom stereocenters. The summed E-state index contributed by atoms with van der Waals surface area (Å²) >= 11 is 0. The van der Waals surface area contributed by atoms with Gasteiger partial charge in [-0.2, -0.15) is 5.10 Å². The van der Waals surface area contributed by atoms with Crippen molar-refractivity contribution in [2.45, 2.75) is 45.6 Å². The van der Waals surface area contributed by atoms with Gasteiger partial charge in [0.15, 0.2) is 0 Å². The Morgan fingerprint density at radius 3 is 2.50 bits per heavy atom. The summed E-state index contributed by atoms with van der Waals surface area (Å²) < 4.78 is 1.98. The Labute approximate surface area is 156 Å². The van der Waals surface area contributed by atoms with Crippen LogP contribution in [-0.4, -0.2) is 40.2 Å². The molecule has 5 nitrogen and oxygen atoms in total.